The summed E-state index contributed by atoms with van der Waals surface area (Å²) in [6.45, 7) is -0.483. The van der Waals surface area contributed by atoms with E-state index < -0.39 is 24.3 Å². The summed E-state index contributed by atoms with van der Waals surface area (Å²) in [6, 6.07) is 11.1. The van der Waals surface area contributed by atoms with Crippen molar-refractivity contribution in [2.45, 2.75) is 0 Å². The molecule has 0 aliphatic carbocycles. The first-order valence-corrected chi connectivity index (χ1v) is 7.75. The number of anilines is 1. The van der Waals surface area contributed by atoms with Crippen molar-refractivity contribution in [3.05, 3.63) is 64.4 Å². The molecule has 0 aromatic heterocycles. The largest absolute Gasteiger partial charge is 0.488 e. The Bertz CT molecular complexity index is 866. The zero-order valence-electron chi connectivity index (χ0n) is 12.9. The Labute approximate surface area is 148 Å². The van der Waals surface area contributed by atoms with Gasteiger partial charge in [0, 0.05) is 10.6 Å². The fourth-order valence-electron chi connectivity index (χ4n) is 2.23. The van der Waals surface area contributed by atoms with E-state index in [0.717, 1.165) is 11.6 Å². The third-order valence-corrected chi connectivity index (χ3v) is 3.67. The minimum atomic E-state index is -0.674. The Hall–Kier alpha value is -2.86. The minimum absolute atomic E-state index is 0.0420. The molecule has 0 bridgehead atoms. The lowest BCUT2D eigenvalue weighted by atomic mass is 10.1. The summed E-state index contributed by atoms with van der Waals surface area (Å²) in [5, 5.41) is 2.53. The molecule has 7 heteroatoms. The quantitative estimate of drug-likeness (QED) is 0.847. The smallest absolute Gasteiger partial charge is 0.338 e. The first-order chi connectivity index (χ1) is 12.0. The summed E-state index contributed by atoms with van der Waals surface area (Å²) in [6.07, 6.45) is 1.65. The molecule has 0 spiro atoms. The number of hydrogen-bond donors (Lipinski definition) is 1. The van der Waals surface area contributed by atoms with Gasteiger partial charge in [-0.15, -0.1) is 0 Å². The highest BCUT2D eigenvalue weighted by Gasteiger charge is 2.19. The van der Waals surface area contributed by atoms with Crippen molar-refractivity contribution in [1.82, 2.24) is 0 Å². The summed E-state index contributed by atoms with van der Waals surface area (Å²) in [5.41, 5.74) is 1.01. The molecule has 0 radical (unpaired) electrons. The highest BCUT2D eigenvalue weighted by molar-refractivity contribution is 6.30. The standard InChI is InChI=1S/C18H13ClFNO4/c19-13-5-6-15(14(20)8-13)21-17(22)10-25-18(23)12-7-11-3-1-2-4-16(11)24-9-12/h1-8H,9-10H2,(H,21,22). The number of halogens is 2. The van der Waals surface area contributed by atoms with Gasteiger partial charge in [-0.3, -0.25) is 4.79 Å². The summed E-state index contributed by atoms with van der Waals surface area (Å²) >= 11 is 5.64. The molecular weight excluding hydrogens is 349 g/mol. The topological polar surface area (TPSA) is 64.6 Å². The number of ether oxygens (including phenoxy) is 2. The molecule has 0 saturated heterocycles. The van der Waals surface area contributed by atoms with Gasteiger partial charge < -0.3 is 14.8 Å². The average molecular weight is 362 g/mol. The van der Waals surface area contributed by atoms with Gasteiger partial charge in [-0.1, -0.05) is 29.8 Å². The molecule has 1 N–H and O–H groups in total. The van der Waals surface area contributed by atoms with Crippen molar-refractivity contribution in [2.75, 3.05) is 18.5 Å². The fourth-order valence-corrected chi connectivity index (χ4v) is 2.39. The number of hydrogen-bond acceptors (Lipinski definition) is 4. The first-order valence-electron chi connectivity index (χ1n) is 7.37. The number of rotatable bonds is 4. The molecule has 1 aliphatic rings. The van der Waals surface area contributed by atoms with Crippen molar-refractivity contribution in [3.63, 3.8) is 0 Å². The maximum absolute atomic E-state index is 13.6. The monoisotopic (exact) mass is 361 g/mol. The minimum Gasteiger partial charge on any atom is -0.488 e. The van der Waals surface area contributed by atoms with Gasteiger partial charge in [0.1, 0.15) is 18.2 Å². The summed E-state index contributed by atoms with van der Waals surface area (Å²) in [5.74, 6) is -1.32. The van der Waals surface area contributed by atoms with E-state index in [1.165, 1.54) is 12.1 Å². The molecule has 5 nitrogen and oxygen atoms in total. The van der Waals surface area contributed by atoms with Gasteiger partial charge in [-0.25, -0.2) is 9.18 Å². The van der Waals surface area contributed by atoms with Crippen LogP contribution in [0.3, 0.4) is 0 Å². The van der Waals surface area contributed by atoms with Crippen LogP contribution in [-0.2, 0) is 14.3 Å². The van der Waals surface area contributed by atoms with Crippen LogP contribution in [0.4, 0.5) is 10.1 Å². The molecule has 3 rings (SSSR count). The highest BCUT2D eigenvalue weighted by atomic mass is 35.5. The molecule has 0 unspecified atom stereocenters. The molecule has 0 fully saturated rings. The second-order valence-electron chi connectivity index (χ2n) is 5.24. The van der Waals surface area contributed by atoms with Crippen LogP contribution in [0, 0.1) is 5.82 Å². The number of para-hydroxylation sites is 1. The van der Waals surface area contributed by atoms with Gasteiger partial charge in [0.15, 0.2) is 6.61 Å². The van der Waals surface area contributed by atoms with Crippen LogP contribution in [0.1, 0.15) is 5.56 Å². The van der Waals surface area contributed by atoms with Gasteiger partial charge >= 0.3 is 5.97 Å². The van der Waals surface area contributed by atoms with E-state index in [1.54, 1.807) is 18.2 Å². The molecule has 1 amide bonds. The lowest BCUT2D eigenvalue weighted by Gasteiger charge is -2.16. The second kappa shape index (κ2) is 7.36. The molecule has 0 saturated carbocycles. The van der Waals surface area contributed by atoms with Crippen LogP contribution in [0.5, 0.6) is 5.75 Å². The zero-order chi connectivity index (χ0) is 17.8. The van der Waals surface area contributed by atoms with Crippen LogP contribution in [0.25, 0.3) is 6.08 Å². The van der Waals surface area contributed by atoms with E-state index in [-0.39, 0.29) is 17.3 Å². The third kappa shape index (κ3) is 4.16. The van der Waals surface area contributed by atoms with Crippen LogP contribution < -0.4 is 10.1 Å². The number of amides is 1. The lowest BCUT2D eigenvalue weighted by molar-refractivity contribution is -0.143. The lowest BCUT2D eigenvalue weighted by Crippen LogP contribution is -2.24. The first kappa shape index (κ1) is 17.0. The van der Waals surface area contributed by atoms with E-state index in [2.05, 4.69) is 5.32 Å². The molecule has 128 valence electrons. The molecule has 2 aromatic rings. The van der Waals surface area contributed by atoms with E-state index in [1.807, 2.05) is 12.1 Å². The van der Waals surface area contributed by atoms with E-state index >= 15 is 0 Å². The van der Waals surface area contributed by atoms with Gasteiger partial charge in [0.25, 0.3) is 5.91 Å². The maximum Gasteiger partial charge on any atom is 0.338 e. The van der Waals surface area contributed by atoms with Crippen molar-refractivity contribution >= 4 is 35.2 Å². The van der Waals surface area contributed by atoms with Crippen LogP contribution >= 0.6 is 11.6 Å². The predicted octanol–water partition coefficient (Wildman–Crippen LogP) is 3.44. The van der Waals surface area contributed by atoms with Crippen LogP contribution in [0.15, 0.2) is 48.0 Å². The van der Waals surface area contributed by atoms with Crippen molar-refractivity contribution in [1.29, 1.82) is 0 Å². The Balaban J connectivity index is 1.57. The van der Waals surface area contributed by atoms with E-state index in [4.69, 9.17) is 21.1 Å². The number of esters is 1. The van der Waals surface area contributed by atoms with Crippen molar-refractivity contribution in [2.24, 2.45) is 0 Å². The summed E-state index contributed by atoms with van der Waals surface area (Å²) in [4.78, 5) is 23.8. The van der Waals surface area contributed by atoms with Gasteiger partial charge in [-0.2, -0.15) is 0 Å². The number of carbonyl (C=O) groups excluding carboxylic acids is 2. The fraction of sp³-hybridized carbons (Fsp3) is 0.111. The molecule has 1 heterocycles. The molecular formula is C18H13ClFNO4. The van der Waals surface area contributed by atoms with Crippen LogP contribution in [-0.4, -0.2) is 25.1 Å². The second-order valence-corrected chi connectivity index (χ2v) is 5.68. The van der Waals surface area contributed by atoms with Gasteiger partial charge in [-0.05, 0) is 30.3 Å². The zero-order valence-corrected chi connectivity index (χ0v) is 13.7. The Morgan fingerprint density at radius 3 is 2.84 bits per heavy atom. The maximum atomic E-state index is 13.6. The SMILES string of the molecule is O=C(COC(=O)C1=Cc2ccccc2OC1)Nc1ccc(Cl)cc1F. The Morgan fingerprint density at radius 1 is 1.24 bits per heavy atom. The van der Waals surface area contributed by atoms with Crippen molar-refractivity contribution in [3.8, 4) is 5.75 Å². The molecule has 0 atom stereocenters. The predicted molar refractivity (Wildman–Crippen MR) is 90.9 cm³/mol. The molecule has 1 aliphatic heterocycles. The van der Waals surface area contributed by atoms with Crippen molar-refractivity contribution < 1.29 is 23.5 Å². The number of benzene rings is 2. The van der Waals surface area contributed by atoms with Gasteiger partial charge in [0.2, 0.25) is 0 Å². The number of fused-ring (bicyclic) bond motifs is 1. The van der Waals surface area contributed by atoms with Gasteiger partial charge in [0.05, 0.1) is 11.3 Å². The Kier molecular flexibility index (Phi) is 5.00. The molecule has 25 heavy (non-hydrogen) atoms. The summed E-state index contributed by atoms with van der Waals surface area (Å²) in [7, 11) is 0. The van der Waals surface area contributed by atoms with Crippen LogP contribution in [0.2, 0.25) is 5.02 Å². The Morgan fingerprint density at radius 2 is 2.04 bits per heavy atom. The highest BCUT2D eigenvalue weighted by Crippen LogP contribution is 2.26. The number of carbonyl (C=O) groups is 2. The normalized spacial score (nSPS) is 12.5. The third-order valence-electron chi connectivity index (χ3n) is 3.43. The van der Waals surface area contributed by atoms with E-state index in [9.17, 15) is 14.0 Å². The summed E-state index contributed by atoms with van der Waals surface area (Å²) < 4.78 is 24.0. The molecule has 2 aromatic carbocycles. The van der Waals surface area contributed by atoms with E-state index in [0.29, 0.717) is 11.3 Å². The average Bonchev–Trinajstić information content (AvgIpc) is 2.61. The number of nitrogens with one attached hydrogen (secondary N) is 1.